The summed E-state index contributed by atoms with van der Waals surface area (Å²) in [5, 5.41) is 14.3. The minimum absolute atomic E-state index is 0.0561. The van der Waals surface area contributed by atoms with Gasteiger partial charge in [-0.05, 0) is 37.3 Å². The molecule has 1 aromatic heterocycles. The van der Waals surface area contributed by atoms with Crippen LogP contribution in [0, 0.1) is 17.0 Å². The molecule has 0 saturated heterocycles. The van der Waals surface area contributed by atoms with E-state index in [4.69, 9.17) is 39.2 Å². The summed E-state index contributed by atoms with van der Waals surface area (Å²) in [6.07, 6.45) is 0. The van der Waals surface area contributed by atoms with Crippen LogP contribution in [0.25, 0.3) is 11.3 Å². The highest BCUT2D eigenvalue weighted by atomic mass is 35.5. The monoisotopic (exact) mass is 424 g/mol. The average molecular weight is 426 g/mol. The second-order valence-corrected chi connectivity index (χ2v) is 6.89. The molecule has 1 heterocycles. The first-order valence-corrected chi connectivity index (χ1v) is 8.70. The van der Waals surface area contributed by atoms with E-state index < -0.39 is 10.8 Å². The highest BCUT2D eigenvalue weighted by molar-refractivity contribution is 6.35. The number of carbonyl (C=O) groups excluding carboxylic acids is 1. The molecule has 0 fully saturated rings. The molecule has 2 aromatic carbocycles. The molecule has 0 atom stereocenters. The zero-order valence-electron chi connectivity index (χ0n) is 13.8. The lowest BCUT2D eigenvalue weighted by atomic mass is 10.1. The Bertz CT molecular complexity index is 1040. The van der Waals surface area contributed by atoms with E-state index in [1.807, 2.05) is 0 Å². The Labute approximate surface area is 168 Å². The summed E-state index contributed by atoms with van der Waals surface area (Å²) in [6, 6.07) is 10.3. The molecule has 1 amide bonds. The number of non-ortho nitro benzene ring substituents is 1. The van der Waals surface area contributed by atoms with Gasteiger partial charge in [0.25, 0.3) is 11.6 Å². The van der Waals surface area contributed by atoms with Gasteiger partial charge in [-0.2, -0.15) is 0 Å². The molecule has 9 heteroatoms. The molecule has 0 radical (unpaired) electrons. The van der Waals surface area contributed by atoms with Gasteiger partial charge in [-0.1, -0.05) is 34.8 Å². The number of aryl methyl sites for hydroxylation is 1. The second-order valence-electron chi connectivity index (χ2n) is 5.61. The zero-order valence-corrected chi connectivity index (χ0v) is 16.0. The van der Waals surface area contributed by atoms with Crippen LogP contribution in [0.3, 0.4) is 0 Å². The molecule has 1 N–H and O–H groups in total. The fraction of sp³-hybridized carbons (Fsp3) is 0.0556. The van der Waals surface area contributed by atoms with Crippen LogP contribution in [0.15, 0.2) is 46.9 Å². The van der Waals surface area contributed by atoms with Crippen LogP contribution in [0.2, 0.25) is 15.1 Å². The number of nitrogens with one attached hydrogen (secondary N) is 1. The Kier molecular flexibility index (Phi) is 5.41. The minimum Gasteiger partial charge on any atom is -0.461 e. The van der Waals surface area contributed by atoms with Crippen molar-refractivity contribution in [2.75, 3.05) is 5.32 Å². The molecular weight excluding hydrogens is 415 g/mol. The van der Waals surface area contributed by atoms with Crippen LogP contribution in [-0.2, 0) is 0 Å². The number of hydrogen-bond donors (Lipinski definition) is 1. The van der Waals surface area contributed by atoms with E-state index in [-0.39, 0.29) is 22.0 Å². The van der Waals surface area contributed by atoms with E-state index in [9.17, 15) is 14.9 Å². The minimum atomic E-state index is -0.569. The van der Waals surface area contributed by atoms with Gasteiger partial charge in [-0.3, -0.25) is 14.9 Å². The van der Waals surface area contributed by atoms with Gasteiger partial charge in [0.2, 0.25) is 0 Å². The van der Waals surface area contributed by atoms with Gasteiger partial charge in [-0.15, -0.1) is 0 Å². The average Bonchev–Trinajstić information content (AvgIpc) is 2.97. The molecular formula is C18H11Cl3N2O4. The fourth-order valence-corrected chi connectivity index (χ4v) is 3.20. The first-order chi connectivity index (χ1) is 12.7. The molecule has 6 nitrogen and oxygen atoms in total. The van der Waals surface area contributed by atoms with Crippen molar-refractivity contribution >= 4 is 52.1 Å². The predicted molar refractivity (Wildman–Crippen MR) is 105 cm³/mol. The lowest BCUT2D eigenvalue weighted by Crippen LogP contribution is -2.12. The van der Waals surface area contributed by atoms with E-state index >= 15 is 0 Å². The predicted octanol–water partition coefficient (Wildman–Crippen LogP) is 6.38. The number of benzene rings is 2. The first kappa shape index (κ1) is 19.2. The Morgan fingerprint density at radius 2 is 1.74 bits per heavy atom. The van der Waals surface area contributed by atoms with Crippen molar-refractivity contribution < 1.29 is 14.1 Å². The third kappa shape index (κ3) is 4.24. The number of carbonyl (C=O) groups is 1. The number of nitro groups is 1. The third-order valence-corrected chi connectivity index (χ3v) is 4.47. The molecule has 0 spiro atoms. The summed E-state index contributed by atoms with van der Waals surface area (Å²) in [5.74, 6) is 0.347. The molecule has 0 unspecified atom stereocenters. The van der Waals surface area contributed by atoms with E-state index in [1.54, 1.807) is 31.2 Å². The summed E-state index contributed by atoms with van der Waals surface area (Å²) in [5.41, 5.74) is 0.997. The normalized spacial score (nSPS) is 10.7. The van der Waals surface area contributed by atoms with Gasteiger partial charge in [-0.25, -0.2) is 0 Å². The van der Waals surface area contributed by atoms with Crippen molar-refractivity contribution in [1.82, 2.24) is 0 Å². The number of furan rings is 1. The number of hydrogen-bond acceptors (Lipinski definition) is 4. The van der Waals surface area contributed by atoms with E-state index in [1.165, 1.54) is 18.2 Å². The third-order valence-electron chi connectivity index (χ3n) is 3.72. The highest BCUT2D eigenvalue weighted by Crippen LogP contribution is 2.31. The maximum absolute atomic E-state index is 12.6. The molecule has 0 aliphatic heterocycles. The van der Waals surface area contributed by atoms with Crippen LogP contribution >= 0.6 is 34.8 Å². The number of amides is 1. The van der Waals surface area contributed by atoms with E-state index in [2.05, 4.69) is 5.32 Å². The molecule has 138 valence electrons. The summed E-state index contributed by atoms with van der Waals surface area (Å²) >= 11 is 18.0. The Hall–Kier alpha value is -2.54. The van der Waals surface area contributed by atoms with Gasteiger partial charge >= 0.3 is 0 Å². The highest BCUT2D eigenvalue weighted by Gasteiger charge is 2.18. The van der Waals surface area contributed by atoms with Crippen LogP contribution in [0.5, 0.6) is 0 Å². The Balaban J connectivity index is 1.88. The molecule has 27 heavy (non-hydrogen) atoms. The lowest BCUT2D eigenvalue weighted by Gasteiger charge is -2.06. The van der Waals surface area contributed by atoms with Gasteiger partial charge in [0.05, 0.1) is 21.2 Å². The molecule has 0 aliphatic rings. The van der Waals surface area contributed by atoms with Crippen LogP contribution in [0.4, 0.5) is 11.4 Å². The fourth-order valence-electron chi connectivity index (χ4n) is 2.45. The zero-order chi connectivity index (χ0) is 19.7. The summed E-state index contributed by atoms with van der Waals surface area (Å²) in [4.78, 5) is 22.8. The van der Waals surface area contributed by atoms with Crippen molar-refractivity contribution in [2.24, 2.45) is 0 Å². The van der Waals surface area contributed by atoms with Crippen LogP contribution < -0.4 is 5.32 Å². The van der Waals surface area contributed by atoms with Gasteiger partial charge in [0, 0.05) is 27.7 Å². The van der Waals surface area contributed by atoms with Crippen molar-refractivity contribution in [3.63, 3.8) is 0 Å². The molecule has 0 bridgehead atoms. The summed E-state index contributed by atoms with van der Waals surface area (Å²) in [7, 11) is 0. The topological polar surface area (TPSA) is 85.4 Å². The molecule has 0 saturated carbocycles. The molecule has 3 rings (SSSR count). The van der Waals surface area contributed by atoms with Gasteiger partial charge < -0.3 is 9.73 Å². The maximum Gasteiger partial charge on any atom is 0.271 e. The lowest BCUT2D eigenvalue weighted by molar-refractivity contribution is -0.384. The largest absolute Gasteiger partial charge is 0.461 e. The van der Waals surface area contributed by atoms with E-state index in [0.717, 1.165) is 0 Å². The Morgan fingerprint density at radius 1 is 1.07 bits per heavy atom. The van der Waals surface area contributed by atoms with Crippen LogP contribution in [0.1, 0.15) is 16.1 Å². The number of rotatable bonds is 4. The molecule has 3 aromatic rings. The van der Waals surface area contributed by atoms with Gasteiger partial charge in [0.1, 0.15) is 11.5 Å². The second kappa shape index (κ2) is 7.60. The summed E-state index contributed by atoms with van der Waals surface area (Å²) in [6.45, 7) is 1.64. The van der Waals surface area contributed by atoms with Gasteiger partial charge in [0.15, 0.2) is 0 Å². The quantitative estimate of drug-likeness (QED) is 0.388. The van der Waals surface area contributed by atoms with Crippen molar-refractivity contribution in [2.45, 2.75) is 6.92 Å². The Morgan fingerprint density at radius 3 is 2.33 bits per heavy atom. The van der Waals surface area contributed by atoms with Crippen molar-refractivity contribution in [3.8, 4) is 11.3 Å². The molecule has 0 aliphatic carbocycles. The number of nitro benzene ring substituents is 1. The number of nitrogens with zero attached hydrogens (tertiary/aromatic N) is 1. The van der Waals surface area contributed by atoms with Crippen molar-refractivity contribution in [3.05, 3.63) is 79.0 Å². The summed E-state index contributed by atoms with van der Waals surface area (Å²) < 4.78 is 5.65. The van der Waals surface area contributed by atoms with Crippen molar-refractivity contribution in [1.29, 1.82) is 0 Å². The first-order valence-electron chi connectivity index (χ1n) is 7.57. The smallest absolute Gasteiger partial charge is 0.271 e. The number of anilines is 1. The maximum atomic E-state index is 12.6. The van der Waals surface area contributed by atoms with E-state index in [0.29, 0.717) is 27.1 Å². The van der Waals surface area contributed by atoms with Crippen LogP contribution in [-0.4, -0.2) is 10.8 Å². The SMILES string of the molecule is Cc1oc(-c2cc(Cl)cc(Cl)c2)cc1C(=O)Nc1ccc([N+](=O)[O-])cc1Cl. The number of halogens is 3. The standard InChI is InChI=1S/C18H11Cl3N2O4/c1-9-14(8-17(27-9)10-4-11(19)6-12(20)5-10)18(24)22-16-3-2-13(23(25)26)7-15(16)21/h2-8H,1H3,(H,22,24).